The van der Waals surface area contributed by atoms with Gasteiger partial charge in [0.25, 0.3) is 0 Å². The third-order valence-electron chi connectivity index (χ3n) is 4.18. The maximum atomic E-state index is 6.09. The van der Waals surface area contributed by atoms with Crippen molar-refractivity contribution in [2.75, 3.05) is 7.05 Å². The highest BCUT2D eigenvalue weighted by molar-refractivity contribution is 5.74. The zero-order valence-electron chi connectivity index (χ0n) is 14.4. The van der Waals surface area contributed by atoms with Gasteiger partial charge in [-0.25, -0.2) is 0 Å². The fraction of sp³-hybridized carbons (Fsp3) is 0.381. The smallest absolute Gasteiger partial charge is 0.0831 e. The number of ether oxygens (including phenoxy) is 1. The van der Waals surface area contributed by atoms with Gasteiger partial charge in [-0.1, -0.05) is 56.0 Å². The first-order valence-corrected chi connectivity index (χ1v) is 8.30. The van der Waals surface area contributed by atoms with E-state index < -0.39 is 0 Å². The molecule has 0 saturated carbocycles. The maximum absolute atomic E-state index is 6.09. The minimum atomic E-state index is 0.233. The molecule has 0 N–H and O–H groups in total. The predicted octanol–water partition coefficient (Wildman–Crippen LogP) is 5.39. The minimum absolute atomic E-state index is 0.233. The number of hydrogen-bond donors (Lipinski definition) is 0. The lowest BCUT2D eigenvalue weighted by Crippen LogP contribution is -2.24. The summed E-state index contributed by atoms with van der Waals surface area (Å²) in [6, 6.07) is 8.65. The van der Waals surface area contributed by atoms with Crippen molar-refractivity contribution in [3.63, 3.8) is 0 Å². The summed E-state index contributed by atoms with van der Waals surface area (Å²) < 4.78 is 6.09. The average molecular weight is 309 g/mol. The van der Waals surface area contributed by atoms with Crippen LogP contribution in [0, 0.1) is 5.92 Å². The van der Waals surface area contributed by atoms with Crippen molar-refractivity contribution in [3.8, 4) is 0 Å². The first-order valence-electron chi connectivity index (χ1n) is 8.30. The van der Waals surface area contributed by atoms with E-state index in [2.05, 4.69) is 55.8 Å². The Kier molecular flexibility index (Phi) is 6.54. The molecule has 1 heterocycles. The second-order valence-electron chi connectivity index (χ2n) is 6.29. The Labute approximate surface area is 140 Å². The molecule has 122 valence electrons. The third kappa shape index (κ3) is 5.33. The van der Waals surface area contributed by atoms with Crippen LogP contribution in [0.4, 0.5) is 0 Å². The standard InChI is InChI=1S/C21H27NO/c1-5-18(12-13-22-4)6-7-19-8-10-20(11-9-19)21-15-16(2)14-17(3)23-21/h5-13,16-17,21H,1,14-15H2,2-4H3/b7-6+,18-12+,22-13?. The molecule has 1 fully saturated rings. The zero-order chi connectivity index (χ0) is 16.7. The molecule has 0 aliphatic carbocycles. The van der Waals surface area contributed by atoms with E-state index in [0.717, 1.165) is 24.3 Å². The molecule has 2 rings (SSSR count). The van der Waals surface area contributed by atoms with Crippen molar-refractivity contribution < 1.29 is 4.74 Å². The highest BCUT2D eigenvalue weighted by Crippen LogP contribution is 2.34. The number of rotatable bonds is 5. The molecule has 2 nitrogen and oxygen atoms in total. The van der Waals surface area contributed by atoms with Crippen molar-refractivity contribution in [1.82, 2.24) is 0 Å². The fourth-order valence-corrected chi connectivity index (χ4v) is 3.00. The topological polar surface area (TPSA) is 21.6 Å². The molecule has 0 radical (unpaired) electrons. The SMILES string of the molecule is C=CC(/C=C/c1ccc(C2CC(C)CC(C)O2)cc1)=C\C=NC. The van der Waals surface area contributed by atoms with Crippen molar-refractivity contribution in [2.24, 2.45) is 10.9 Å². The quantitative estimate of drug-likeness (QED) is 0.528. The number of hydrogen-bond acceptors (Lipinski definition) is 2. The number of benzene rings is 1. The lowest BCUT2D eigenvalue weighted by Gasteiger charge is -2.32. The summed E-state index contributed by atoms with van der Waals surface area (Å²) in [5.41, 5.74) is 3.49. The molecule has 1 aromatic carbocycles. The molecule has 1 saturated heterocycles. The van der Waals surface area contributed by atoms with Gasteiger partial charge in [-0.2, -0.15) is 0 Å². The minimum Gasteiger partial charge on any atom is -0.371 e. The maximum Gasteiger partial charge on any atom is 0.0831 e. The molecule has 1 aliphatic heterocycles. The van der Waals surface area contributed by atoms with E-state index in [1.807, 2.05) is 18.2 Å². The number of nitrogens with zero attached hydrogens (tertiary/aromatic N) is 1. The summed E-state index contributed by atoms with van der Waals surface area (Å²) in [7, 11) is 1.76. The Balaban J connectivity index is 2.06. The van der Waals surface area contributed by atoms with Crippen LogP contribution >= 0.6 is 0 Å². The van der Waals surface area contributed by atoms with E-state index in [9.17, 15) is 0 Å². The van der Waals surface area contributed by atoms with Crippen LogP contribution in [0.15, 0.2) is 59.6 Å². The monoisotopic (exact) mass is 309 g/mol. The Morgan fingerprint density at radius 2 is 1.96 bits per heavy atom. The second-order valence-corrected chi connectivity index (χ2v) is 6.29. The van der Waals surface area contributed by atoms with Crippen LogP contribution in [0.1, 0.15) is 43.9 Å². The van der Waals surface area contributed by atoms with E-state index in [0.29, 0.717) is 6.10 Å². The number of aliphatic imine (C=N–C) groups is 1. The van der Waals surface area contributed by atoms with Crippen LogP contribution < -0.4 is 0 Å². The molecule has 0 aromatic heterocycles. The van der Waals surface area contributed by atoms with Gasteiger partial charge in [0.15, 0.2) is 0 Å². The van der Waals surface area contributed by atoms with Crippen molar-refractivity contribution in [2.45, 2.75) is 38.9 Å². The molecule has 1 aromatic rings. The van der Waals surface area contributed by atoms with Crippen molar-refractivity contribution in [1.29, 1.82) is 0 Å². The highest BCUT2D eigenvalue weighted by Gasteiger charge is 2.25. The van der Waals surface area contributed by atoms with Crippen LogP contribution in [0.25, 0.3) is 6.08 Å². The van der Waals surface area contributed by atoms with Gasteiger partial charge in [0.2, 0.25) is 0 Å². The largest absolute Gasteiger partial charge is 0.371 e. The summed E-state index contributed by atoms with van der Waals surface area (Å²) in [6.07, 6.45) is 12.5. The number of allylic oxidation sites excluding steroid dienone is 4. The molecule has 3 unspecified atom stereocenters. The third-order valence-corrected chi connectivity index (χ3v) is 4.18. The summed E-state index contributed by atoms with van der Waals surface area (Å²) in [5, 5.41) is 0. The van der Waals surface area contributed by atoms with E-state index in [1.165, 1.54) is 11.1 Å². The van der Waals surface area contributed by atoms with E-state index in [1.54, 1.807) is 13.3 Å². The van der Waals surface area contributed by atoms with Gasteiger partial charge in [0.05, 0.1) is 12.2 Å². The molecule has 3 atom stereocenters. The molecule has 0 spiro atoms. The van der Waals surface area contributed by atoms with Gasteiger partial charge >= 0.3 is 0 Å². The first-order chi connectivity index (χ1) is 11.1. The summed E-state index contributed by atoms with van der Waals surface area (Å²) in [6.45, 7) is 8.30. The van der Waals surface area contributed by atoms with Crippen LogP contribution in [0.3, 0.4) is 0 Å². The van der Waals surface area contributed by atoms with Crippen LogP contribution in [0.2, 0.25) is 0 Å². The Morgan fingerprint density at radius 3 is 2.57 bits per heavy atom. The van der Waals surface area contributed by atoms with Crippen molar-refractivity contribution >= 4 is 12.3 Å². The normalized spacial score (nSPS) is 26.0. The first kappa shape index (κ1) is 17.4. The van der Waals surface area contributed by atoms with Gasteiger partial charge in [-0.3, -0.25) is 4.99 Å². The molecular formula is C21H27NO. The predicted molar refractivity (Wildman–Crippen MR) is 99.9 cm³/mol. The fourth-order valence-electron chi connectivity index (χ4n) is 3.00. The molecule has 1 aliphatic rings. The lowest BCUT2D eigenvalue weighted by molar-refractivity contribution is -0.0604. The Bertz CT molecular complexity index is 585. The second kappa shape index (κ2) is 8.64. The Morgan fingerprint density at radius 1 is 1.22 bits per heavy atom. The van der Waals surface area contributed by atoms with Gasteiger partial charge in [0, 0.05) is 13.3 Å². The molecule has 2 heteroatoms. The van der Waals surface area contributed by atoms with Gasteiger partial charge < -0.3 is 4.74 Å². The van der Waals surface area contributed by atoms with E-state index in [4.69, 9.17) is 4.74 Å². The zero-order valence-corrected chi connectivity index (χ0v) is 14.4. The van der Waals surface area contributed by atoms with Crippen LogP contribution in [-0.4, -0.2) is 19.4 Å². The molecule has 0 amide bonds. The van der Waals surface area contributed by atoms with E-state index in [-0.39, 0.29) is 6.10 Å². The van der Waals surface area contributed by atoms with Gasteiger partial charge in [-0.05, 0) is 48.5 Å². The Hall–Kier alpha value is -1.93. The summed E-state index contributed by atoms with van der Waals surface area (Å²) >= 11 is 0. The summed E-state index contributed by atoms with van der Waals surface area (Å²) in [5.74, 6) is 0.726. The molecule has 0 bridgehead atoms. The van der Waals surface area contributed by atoms with E-state index >= 15 is 0 Å². The lowest BCUT2D eigenvalue weighted by atomic mass is 9.90. The van der Waals surface area contributed by atoms with Gasteiger partial charge in [-0.15, -0.1) is 0 Å². The molecule has 23 heavy (non-hydrogen) atoms. The summed E-state index contributed by atoms with van der Waals surface area (Å²) in [4.78, 5) is 3.96. The molecular weight excluding hydrogens is 282 g/mol. The van der Waals surface area contributed by atoms with Gasteiger partial charge in [0.1, 0.15) is 0 Å². The van der Waals surface area contributed by atoms with Crippen LogP contribution in [0.5, 0.6) is 0 Å². The highest BCUT2D eigenvalue weighted by atomic mass is 16.5. The van der Waals surface area contributed by atoms with Crippen LogP contribution in [-0.2, 0) is 4.74 Å². The average Bonchev–Trinajstić information content (AvgIpc) is 2.54. The van der Waals surface area contributed by atoms with Crippen molar-refractivity contribution in [3.05, 3.63) is 65.8 Å².